The van der Waals surface area contributed by atoms with E-state index < -0.39 is 6.10 Å². The van der Waals surface area contributed by atoms with Crippen LogP contribution in [0, 0.1) is 6.92 Å². The number of nitrogens with one attached hydrogen (secondary N) is 1. The topological polar surface area (TPSA) is 66.7 Å². The summed E-state index contributed by atoms with van der Waals surface area (Å²) in [6.45, 7) is 6.22. The molecule has 1 aliphatic rings. The van der Waals surface area contributed by atoms with Crippen LogP contribution in [0.4, 0.5) is 0 Å². The van der Waals surface area contributed by atoms with Crippen LogP contribution in [0.5, 0.6) is 0 Å². The van der Waals surface area contributed by atoms with E-state index in [1.54, 1.807) is 0 Å². The summed E-state index contributed by atoms with van der Waals surface area (Å²) in [5.41, 5.74) is 2.21. The van der Waals surface area contributed by atoms with Gasteiger partial charge >= 0.3 is 0 Å². The molecule has 1 aromatic carbocycles. The van der Waals surface area contributed by atoms with E-state index in [-0.39, 0.29) is 19.0 Å². The van der Waals surface area contributed by atoms with E-state index in [1.165, 1.54) is 0 Å². The van der Waals surface area contributed by atoms with Gasteiger partial charge in [-0.1, -0.05) is 18.2 Å². The maximum Gasteiger partial charge on any atom is 0.240 e. The maximum atomic E-state index is 12.2. The zero-order valence-electron chi connectivity index (χ0n) is 14.1. The molecule has 1 unspecified atom stereocenters. The van der Waals surface area contributed by atoms with Crippen LogP contribution < -0.4 is 5.32 Å². The number of aliphatic hydroxyl groups excluding tert-OH is 1. The molecule has 0 spiro atoms. The molecule has 1 amide bonds. The fourth-order valence-corrected chi connectivity index (χ4v) is 3.15. The van der Waals surface area contributed by atoms with Gasteiger partial charge in [0.25, 0.3) is 0 Å². The monoisotopic (exact) mass is 331 g/mol. The summed E-state index contributed by atoms with van der Waals surface area (Å²) < 4.78 is 7.24. The van der Waals surface area contributed by atoms with Gasteiger partial charge in [-0.05, 0) is 18.6 Å². The number of aromatic nitrogens is 1. The van der Waals surface area contributed by atoms with E-state index in [0.717, 1.165) is 29.6 Å². The number of hydrogen-bond donors (Lipinski definition) is 2. The lowest BCUT2D eigenvalue weighted by Gasteiger charge is -2.28. The van der Waals surface area contributed by atoms with E-state index in [1.807, 2.05) is 35.9 Å². The van der Waals surface area contributed by atoms with Gasteiger partial charge in [-0.3, -0.25) is 9.69 Å². The largest absolute Gasteiger partial charge is 0.390 e. The van der Waals surface area contributed by atoms with Crippen molar-refractivity contribution in [3.63, 3.8) is 0 Å². The lowest BCUT2D eigenvalue weighted by Crippen LogP contribution is -2.44. The van der Waals surface area contributed by atoms with Gasteiger partial charge in [-0.25, -0.2) is 0 Å². The molecule has 1 atom stereocenters. The molecule has 1 aromatic heterocycles. The Balaban J connectivity index is 1.50. The number of β-amino-alcohol motifs (C(OH)–C–C–N with tert-alkyl or cyclic N) is 1. The zero-order chi connectivity index (χ0) is 16.9. The molecule has 6 nitrogen and oxygen atoms in total. The van der Waals surface area contributed by atoms with Crippen molar-refractivity contribution >= 4 is 16.8 Å². The highest BCUT2D eigenvalue weighted by Gasteiger charge is 2.16. The highest BCUT2D eigenvalue weighted by molar-refractivity contribution is 5.85. The van der Waals surface area contributed by atoms with Gasteiger partial charge in [0.15, 0.2) is 0 Å². The van der Waals surface area contributed by atoms with Gasteiger partial charge in [0, 0.05) is 43.3 Å². The van der Waals surface area contributed by atoms with Crippen LogP contribution in [0.1, 0.15) is 5.56 Å². The summed E-state index contributed by atoms with van der Waals surface area (Å²) in [5.74, 6) is -0.0863. The number of morpholine rings is 1. The van der Waals surface area contributed by atoms with Crippen LogP contribution in [0.15, 0.2) is 30.5 Å². The second-order valence-corrected chi connectivity index (χ2v) is 6.33. The predicted octanol–water partition coefficient (Wildman–Crippen LogP) is 0.759. The Bertz CT molecular complexity index is 692. The summed E-state index contributed by atoms with van der Waals surface area (Å²) in [4.78, 5) is 14.3. The first-order valence-corrected chi connectivity index (χ1v) is 8.43. The van der Waals surface area contributed by atoms with Crippen LogP contribution in [-0.4, -0.2) is 66.0 Å². The molecule has 24 heavy (non-hydrogen) atoms. The Morgan fingerprint density at radius 2 is 2.08 bits per heavy atom. The first kappa shape index (κ1) is 17.0. The van der Waals surface area contributed by atoms with E-state index in [9.17, 15) is 9.90 Å². The SMILES string of the molecule is Cc1cn(CC(=O)NCC(O)CN2CCOCC2)c2ccccc12. The van der Waals surface area contributed by atoms with Gasteiger partial charge in [-0.15, -0.1) is 0 Å². The van der Waals surface area contributed by atoms with Gasteiger partial charge in [-0.2, -0.15) is 0 Å². The standard InChI is InChI=1S/C18H25N3O3/c1-14-11-21(17-5-3-2-4-16(14)17)13-18(23)19-10-15(22)12-20-6-8-24-9-7-20/h2-5,11,15,22H,6-10,12-13H2,1H3,(H,19,23). The molecular formula is C18H25N3O3. The fraction of sp³-hybridized carbons (Fsp3) is 0.500. The molecule has 0 saturated carbocycles. The summed E-state index contributed by atoms with van der Waals surface area (Å²) in [7, 11) is 0. The second kappa shape index (κ2) is 7.79. The molecule has 1 aliphatic heterocycles. The molecule has 130 valence electrons. The summed E-state index contributed by atoms with van der Waals surface area (Å²) in [6.07, 6.45) is 1.43. The smallest absolute Gasteiger partial charge is 0.240 e. The number of para-hydroxylation sites is 1. The molecule has 1 saturated heterocycles. The summed E-state index contributed by atoms with van der Waals surface area (Å²) >= 11 is 0. The minimum absolute atomic E-state index is 0.0863. The number of carbonyl (C=O) groups excluding carboxylic acids is 1. The van der Waals surface area contributed by atoms with Crippen molar-refractivity contribution < 1.29 is 14.6 Å². The minimum atomic E-state index is -0.560. The highest BCUT2D eigenvalue weighted by atomic mass is 16.5. The number of ether oxygens (including phenoxy) is 1. The van der Waals surface area contributed by atoms with Crippen LogP contribution in [-0.2, 0) is 16.1 Å². The van der Waals surface area contributed by atoms with Crippen molar-refractivity contribution in [2.24, 2.45) is 0 Å². The first-order valence-electron chi connectivity index (χ1n) is 8.43. The fourth-order valence-electron chi connectivity index (χ4n) is 3.15. The van der Waals surface area contributed by atoms with Gasteiger partial charge in [0.1, 0.15) is 6.54 Å². The zero-order valence-corrected chi connectivity index (χ0v) is 14.1. The van der Waals surface area contributed by atoms with Crippen molar-refractivity contribution in [3.8, 4) is 0 Å². The highest BCUT2D eigenvalue weighted by Crippen LogP contribution is 2.19. The molecule has 6 heteroatoms. The molecule has 0 aliphatic carbocycles. The number of rotatable bonds is 6. The number of aliphatic hydroxyl groups is 1. The average Bonchev–Trinajstić information content (AvgIpc) is 2.90. The summed E-state index contributed by atoms with van der Waals surface area (Å²) in [5, 5.41) is 14.1. The maximum absolute atomic E-state index is 12.2. The molecule has 3 rings (SSSR count). The number of amides is 1. The van der Waals surface area contributed by atoms with Gasteiger partial charge < -0.3 is 19.7 Å². The van der Waals surface area contributed by atoms with Crippen molar-refractivity contribution in [2.45, 2.75) is 19.6 Å². The second-order valence-electron chi connectivity index (χ2n) is 6.33. The molecule has 0 bridgehead atoms. The first-order chi connectivity index (χ1) is 11.6. The van der Waals surface area contributed by atoms with E-state index in [4.69, 9.17) is 4.74 Å². The predicted molar refractivity (Wildman–Crippen MR) is 93.0 cm³/mol. The van der Waals surface area contributed by atoms with E-state index >= 15 is 0 Å². The number of fused-ring (bicyclic) bond motifs is 1. The molecule has 0 radical (unpaired) electrons. The normalized spacial score (nSPS) is 17.1. The Kier molecular flexibility index (Phi) is 5.50. The lowest BCUT2D eigenvalue weighted by molar-refractivity contribution is -0.122. The third kappa shape index (κ3) is 4.14. The third-order valence-electron chi connectivity index (χ3n) is 4.41. The number of benzene rings is 1. The Hall–Kier alpha value is -1.89. The van der Waals surface area contributed by atoms with Gasteiger partial charge in [0.05, 0.1) is 19.3 Å². The van der Waals surface area contributed by atoms with Crippen LogP contribution in [0.2, 0.25) is 0 Å². The Labute approximate surface area is 142 Å². The van der Waals surface area contributed by atoms with Crippen molar-refractivity contribution in [1.29, 1.82) is 0 Å². The molecular weight excluding hydrogens is 306 g/mol. The van der Waals surface area contributed by atoms with Crippen LogP contribution in [0.3, 0.4) is 0 Å². The number of hydrogen-bond acceptors (Lipinski definition) is 4. The number of carbonyl (C=O) groups is 1. The van der Waals surface area contributed by atoms with Crippen molar-refractivity contribution in [1.82, 2.24) is 14.8 Å². The minimum Gasteiger partial charge on any atom is -0.390 e. The van der Waals surface area contributed by atoms with Crippen molar-refractivity contribution in [2.75, 3.05) is 39.4 Å². The van der Waals surface area contributed by atoms with Crippen LogP contribution in [0.25, 0.3) is 10.9 Å². The number of nitrogens with zero attached hydrogens (tertiary/aromatic N) is 2. The quantitative estimate of drug-likeness (QED) is 0.820. The average molecular weight is 331 g/mol. The summed E-state index contributed by atoms with van der Waals surface area (Å²) in [6, 6.07) is 8.05. The molecule has 2 heterocycles. The molecule has 2 aromatic rings. The molecule has 2 N–H and O–H groups in total. The van der Waals surface area contributed by atoms with Gasteiger partial charge in [0.2, 0.25) is 5.91 Å². The van der Waals surface area contributed by atoms with E-state index in [2.05, 4.69) is 16.3 Å². The Morgan fingerprint density at radius 1 is 1.33 bits per heavy atom. The number of aryl methyl sites for hydroxylation is 1. The van der Waals surface area contributed by atoms with Crippen molar-refractivity contribution in [3.05, 3.63) is 36.0 Å². The van der Waals surface area contributed by atoms with E-state index in [0.29, 0.717) is 19.8 Å². The third-order valence-corrected chi connectivity index (χ3v) is 4.41. The molecule has 1 fully saturated rings. The lowest BCUT2D eigenvalue weighted by atomic mass is 10.2. The Morgan fingerprint density at radius 3 is 2.88 bits per heavy atom. The van der Waals surface area contributed by atoms with Crippen LogP contribution >= 0.6 is 0 Å².